The lowest BCUT2D eigenvalue weighted by Gasteiger charge is -2.24. The van der Waals surface area contributed by atoms with E-state index in [-0.39, 0.29) is 16.8 Å². The summed E-state index contributed by atoms with van der Waals surface area (Å²) in [6.07, 6.45) is 0. The summed E-state index contributed by atoms with van der Waals surface area (Å²) in [4.78, 5) is 41.5. The Morgan fingerprint density at radius 1 is 0.861 bits per heavy atom. The molecule has 3 aromatic carbocycles. The van der Waals surface area contributed by atoms with E-state index in [1.165, 1.54) is 22.9 Å². The number of benzene rings is 3. The molecule has 1 unspecified atom stereocenters. The Balaban J connectivity index is 1.81. The molecule has 180 valence electrons. The first-order valence-electron chi connectivity index (χ1n) is 11.3. The number of rotatable bonds is 4. The first-order valence-corrected chi connectivity index (χ1v) is 11.3. The fraction of sp³-hybridized carbons (Fsp3) is 0.107. The van der Waals surface area contributed by atoms with Crippen molar-refractivity contribution in [3.63, 3.8) is 0 Å². The molecule has 0 spiro atoms. The molecule has 8 heteroatoms. The Labute approximate surface area is 205 Å². The van der Waals surface area contributed by atoms with Crippen molar-refractivity contribution >= 4 is 23.1 Å². The van der Waals surface area contributed by atoms with Crippen LogP contribution >= 0.6 is 0 Å². The van der Waals surface area contributed by atoms with Crippen LogP contribution in [-0.4, -0.2) is 26.2 Å². The van der Waals surface area contributed by atoms with Crippen LogP contribution in [0.5, 0.6) is 0 Å². The number of aliphatic hydroxyl groups excluding tert-OH is 1. The van der Waals surface area contributed by atoms with E-state index in [0.29, 0.717) is 16.9 Å². The minimum absolute atomic E-state index is 0.0110. The molecule has 1 saturated heterocycles. The smallest absolute Gasteiger partial charge is 0.300 e. The summed E-state index contributed by atoms with van der Waals surface area (Å²) in [5, 5.41) is 11.1. The van der Waals surface area contributed by atoms with Gasteiger partial charge in [0.05, 0.1) is 23.0 Å². The molecule has 4 aromatic rings. The lowest BCUT2D eigenvalue weighted by Crippen LogP contribution is -2.34. The zero-order chi connectivity index (χ0) is 25.6. The molecular weight excluding hydrogens is 461 g/mol. The summed E-state index contributed by atoms with van der Waals surface area (Å²) in [5.41, 5.74) is 0.332. The highest BCUT2D eigenvalue weighted by Crippen LogP contribution is 2.43. The minimum Gasteiger partial charge on any atom is -0.507 e. The molecule has 1 fully saturated rings. The van der Waals surface area contributed by atoms with Crippen LogP contribution in [0.15, 0.2) is 95.3 Å². The second kappa shape index (κ2) is 8.81. The van der Waals surface area contributed by atoms with Gasteiger partial charge in [0.1, 0.15) is 17.3 Å². The predicted octanol–water partition coefficient (Wildman–Crippen LogP) is 4.25. The number of Topliss-reactive ketones (excluding diaryl/α,β-unsaturated/α-hetero) is 1. The monoisotopic (exact) mass is 483 g/mol. The van der Waals surface area contributed by atoms with Gasteiger partial charge < -0.3 is 5.11 Å². The van der Waals surface area contributed by atoms with Crippen LogP contribution in [0.1, 0.15) is 22.9 Å². The van der Waals surface area contributed by atoms with Crippen molar-refractivity contribution in [2.75, 3.05) is 4.90 Å². The van der Waals surface area contributed by atoms with Crippen molar-refractivity contribution in [2.45, 2.75) is 13.0 Å². The first kappa shape index (κ1) is 23.0. The third kappa shape index (κ3) is 3.46. The van der Waals surface area contributed by atoms with Gasteiger partial charge in [-0.3, -0.25) is 24.0 Å². The summed E-state index contributed by atoms with van der Waals surface area (Å²) in [5.74, 6) is -3.14. The molecule has 1 N–H and O–H groups in total. The van der Waals surface area contributed by atoms with Gasteiger partial charge in [-0.25, -0.2) is 9.07 Å². The summed E-state index contributed by atoms with van der Waals surface area (Å²) in [6.45, 7) is 1.64. The van der Waals surface area contributed by atoms with Crippen molar-refractivity contribution < 1.29 is 19.1 Å². The van der Waals surface area contributed by atoms with E-state index in [2.05, 4.69) is 0 Å². The number of para-hydroxylation sites is 1. The molecule has 1 aliphatic heterocycles. The maximum Gasteiger partial charge on any atom is 0.300 e. The van der Waals surface area contributed by atoms with Crippen LogP contribution in [0.4, 0.5) is 10.1 Å². The number of nitrogens with zero attached hydrogens (tertiary/aromatic N) is 3. The van der Waals surface area contributed by atoms with Crippen molar-refractivity contribution in [2.24, 2.45) is 7.05 Å². The van der Waals surface area contributed by atoms with Gasteiger partial charge in [0.15, 0.2) is 0 Å². The van der Waals surface area contributed by atoms with E-state index in [0.717, 1.165) is 4.90 Å². The van der Waals surface area contributed by atoms with Crippen LogP contribution in [0, 0.1) is 12.7 Å². The van der Waals surface area contributed by atoms with Gasteiger partial charge in [-0.2, -0.15) is 0 Å². The average Bonchev–Trinajstić information content (AvgIpc) is 3.27. The second-order valence-electron chi connectivity index (χ2n) is 8.47. The van der Waals surface area contributed by atoms with Gasteiger partial charge in [-0.15, -0.1) is 0 Å². The van der Waals surface area contributed by atoms with Crippen LogP contribution in [-0.2, 0) is 16.6 Å². The highest BCUT2D eigenvalue weighted by atomic mass is 19.1. The highest BCUT2D eigenvalue weighted by Gasteiger charge is 2.49. The summed E-state index contributed by atoms with van der Waals surface area (Å²) in [6, 6.07) is 21.4. The van der Waals surface area contributed by atoms with Gasteiger partial charge in [0.25, 0.3) is 17.2 Å². The molecule has 1 aromatic heterocycles. The summed E-state index contributed by atoms with van der Waals surface area (Å²) in [7, 11) is 1.66. The van der Waals surface area contributed by atoms with Crippen molar-refractivity contribution in [3.05, 3.63) is 123 Å². The molecule has 1 aliphatic rings. The predicted molar refractivity (Wildman–Crippen MR) is 133 cm³/mol. The van der Waals surface area contributed by atoms with Gasteiger partial charge in [-0.1, -0.05) is 66.7 Å². The zero-order valence-corrected chi connectivity index (χ0v) is 19.6. The topological polar surface area (TPSA) is 84.5 Å². The lowest BCUT2D eigenvalue weighted by atomic mass is 9.95. The number of ketones is 1. The van der Waals surface area contributed by atoms with Crippen LogP contribution in [0.3, 0.4) is 0 Å². The number of carbonyl (C=O) groups is 2. The molecule has 0 bridgehead atoms. The third-order valence-electron chi connectivity index (χ3n) is 6.46. The number of carbonyl (C=O) groups excluding carboxylic acids is 2. The largest absolute Gasteiger partial charge is 0.507 e. The maximum absolute atomic E-state index is 15.1. The number of aromatic nitrogens is 2. The second-order valence-corrected chi connectivity index (χ2v) is 8.47. The van der Waals surface area contributed by atoms with Gasteiger partial charge >= 0.3 is 0 Å². The SMILES string of the molecule is Cc1c(N2C(=O)C(=O)C(=C(O)c3ccccc3)C2c2ccccc2F)c(=O)n(-c2ccccc2)n1C. The Hall–Kier alpha value is -4.72. The van der Waals surface area contributed by atoms with E-state index in [1.807, 2.05) is 6.07 Å². The Morgan fingerprint density at radius 3 is 2.08 bits per heavy atom. The molecule has 0 saturated carbocycles. The van der Waals surface area contributed by atoms with Crippen LogP contribution in [0.25, 0.3) is 11.4 Å². The fourth-order valence-electron chi connectivity index (χ4n) is 4.64. The number of anilines is 1. The molecule has 1 atom stereocenters. The van der Waals surface area contributed by atoms with E-state index < -0.39 is 34.9 Å². The number of aliphatic hydroxyl groups is 1. The van der Waals surface area contributed by atoms with Crippen molar-refractivity contribution in [3.8, 4) is 5.69 Å². The molecule has 0 radical (unpaired) electrons. The Kier molecular flexibility index (Phi) is 5.64. The Morgan fingerprint density at radius 2 is 1.44 bits per heavy atom. The van der Waals surface area contributed by atoms with Gasteiger partial charge in [-0.05, 0) is 25.1 Å². The molecule has 0 aliphatic carbocycles. The highest BCUT2D eigenvalue weighted by molar-refractivity contribution is 6.51. The Bertz CT molecular complexity index is 1590. The minimum atomic E-state index is -1.34. The van der Waals surface area contributed by atoms with Gasteiger partial charge in [0.2, 0.25) is 0 Å². The van der Waals surface area contributed by atoms with E-state index in [1.54, 1.807) is 79.3 Å². The number of hydrogen-bond donors (Lipinski definition) is 1. The molecule has 1 amide bonds. The summed E-state index contributed by atoms with van der Waals surface area (Å²) >= 11 is 0. The molecule has 5 rings (SSSR count). The molecular formula is C28H22FN3O4. The third-order valence-corrected chi connectivity index (χ3v) is 6.46. The molecule has 36 heavy (non-hydrogen) atoms. The molecule has 7 nitrogen and oxygen atoms in total. The number of hydrogen-bond acceptors (Lipinski definition) is 4. The van der Waals surface area contributed by atoms with Crippen molar-refractivity contribution in [1.29, 1.82) is 0 Å². The number of halogens is 1. The quantitative estimate of drug-likeness (QED) is 0.267. The maximum atomic E-state index is 15.1. The standard InChI is InChI=1S/C28H22FN3O4/c1-17-23(27(35)32(30(17)2)19-13-7-4-8-14-19)31-24(20-15-9-10-16-21(20)29)22(26(34)28(31)36)25(33)18-11-5-3-6-12-18/h3-16,24,33H,1-2H3. The summed E-state index contributed by atoms with van der Waals surface area (Å²) < 4.78 is 18.1. The van der Waals surface area contributed by atoms with E-state index in [9.17, 15) is 19.5 Å². The fourth-order valence-corrected chi connectivity index (χ4v) is 4.64. The zero-order valence-electron chi connectivity index (χ0n) is 19.6. The number of amides is 1. The van der Waals surface area contributed by atoms with Crippen LogP contribution < -0.4 is 10.5 Å². The average molecular weight is 483 g/mol. The van der Waals surface area contributed by atoms with Crippen molar-refractivity contribution in [1.82, 2.24) is 9.36 Å². The normalized spacial score (nSPS) is 17.1. The van der Waals surface area contributed by atoms with Gasteiger partial charge in [0, 0.05) is 18.2 Å². The van der Waals surface area contributed by atoms with E-state index >= 15 is 4.39 Å². The van der Waals surface area contributed by atoms with Crippen LogP contribution in [0.2, 0.25) is 0 Å². The first-order chi connectivity index (χ1) is 17.3. The molecule has 2 heterocycles. The lowest BCUT2D eigenvalue weighted by molar-refractivity contribution is -0.132. The van der Waals surface area contributed by atoms with E-state index in [4.69, 9.17) is 0 Å².